The van der Waals surface area contributed by atoms with Gasteiger partial charge >= 0.3 is 0 Å². The molecule has 1 aliphatic heterocycles. The number of aliphatic hydroxyl groups is 3. The molecule has 0 aliphatic carbocycles. The monoisotopic (exact) mass is 221 g/mol. The molecule has 0 saturated carbocycles. The third kappa shape index (κ3) is 3.67. The fourth-order valence-corrected chi connectivity index (χ4v) is 1.47. The molecule has 1 saturated heterocycles. The minimum absolute atomic E-state index is 0.211. The second-order valence-corrected chi connectivity index (χ2v) is 3.59. The lowest BCUT2D eigenvalue weighted by molar-refractivity contribution is -0.256. The number of hydrogen-bond donors (Lipinski definition) is 4. The Balaban J connectivity index is 2.34. The van der Waals surface area contributed by atoms with E-state index in [1.165, 1.54) is 0 Å². The Morgan fingerprint density at radius 2 is 2.13 bits per heavy atom. The molecule has 1 fully saturated rings. The second kappa shape index (κ2) is 6.37. The zero-order valence-electron chi connectivity index (χ0n) is 8.58. The molecule has 15 heavy (non-hydrogen) atoms. The van der Waals surface area contributed by atoms with Crippen molar-refractivity contribution >= 4 is 0 Å². The molecular formula is C9H19NO5. The molecule has 90 valence electrons. The van der Waals surface area contributed by atoms with Gasteiger partial charge in [-0.15, -0.1) is 0 Å². The minimum Gasteiger partial charge on any atom is -0.394 e. The molecule has 0 amide bonds. The third-order valence-electron chi connectivity index (χ3n) is 2.37. The van der Waals surface area contributed by atoms with Crippen molar-refractivity contribution in [1.82, 2.24) is 0 Å². The second-order valence-electron chi connectivity index (χ2n) is 3.59. The van der Waals surface area contributed by atoms with Crippen LogP contribution < -0.4 is 5.73 Å². The number of aliphatic hydroxyl groups excluding tert-OH is 3. The molecule has 5 N–H and O–H groups in total. The molecule has 0 radical (unpaired) electrons. The average Bonchev–Trinajstić information content (AvgIpc) is 2.23. The molecule has 6 nitrogen and oxygen atoms in total. The van der Waals surface area contributed by atoms with Gasteiger partial charge in [0.2, 0.25) is 0 Å². The van der Waals surface area contributed by atoms with Crippen LogP contribution in [0.1, 0.15) is 12.8 Å². The van der Waals surface area contributed by atoms with E-state index in [1.807, 2.05) is 0 Å². The summed E-state index contributed by atoms with van der Waals surface area (Å²) >= 11 is 0. The van der Waals surface area contributed by atoms with E-state index < -0.39 is 24.6 Å². The van der Waals surface area contributed by atoms with Crippen molar-refractivity contribution in [3.05, 3.63) is 0 Å². The summed E-state index contributed by atoms with van der Waals surface area (Å²) in [6.07, 6.45) is -2.41. The number of ether oxygens (including phenoxy) is 2. The lowest BCUT2D eigenvalue weighted by Crippen LogP contribution is -2.50. The molecule has 0 spiro atoms. The fraction of sp³-hybridized carbons (Fsp3) is 1.00. The SMILES string of the molecule is NCCCO[C@@H]1C[C@@H](O)[C@H](O)[C@@H](CO)O1. The van der Waals surface area contributed by atoms with Gasteiger partial charge in [-0.1, -0.05) is 0 Å². The predicted octanol–water partition coefficient (Wildman–Crippen LogP) is -1.82. The number of nitrogens with two attached hydrogens (primary N) is 1. The third-order valence-corrected chi connectivity index (χ3v) is 2.37. The molecule has 6 heteroatoms. The Hall–Kier alpha value is -0.240. The van der Waals surface area contributed by atoms with Gasteiger partial charge in [-0.2, -0.15) is 0 Å². The largest absolute Gasteiger partial charge is 0.394 e. The van der Waals surface area contributed by atoms with Gasteiger partial charge in [-0.05, 0) is 13.0 Å². The summed E-state index contributed by atoms with van der Waals surface area (Å²) in [6.45, 7) is 0.637. The summed E-state index contributed by atoms with van der Waals surface area (Å²) in [5.74, 6) is 0. The van der Waals surface area contributed by atoms with Gasteiger partial charge in [0.1, 0.15) is 12.2 Å². The maximum absolute atomic E-state index is 9.46. The topological polar surface area (TPSA) is 105 Å². The number of rotatable bonds is 5. The lowest BCUT2D eigenvalue weighted by atomic mass is 10.0. The van der Waals surface area contributed by atoms with E-state index in [0.29, 0.717) is 19.6 Å². The van der Waals surface area contributed by atoms with Gasteiger partial charge < -0.3 is 30.5 Å². The summed E-state index contributed by atoms with van der Waals surface area (Å²) in [4.78, 5) is 0. The Morgan fingerprint density at radius 1 is 1.40 bits per heavy atom. The van der Waals surface area contributed by atoms with Gasteiger partial charge in [0, 0.05) is 6.42 Å². The van der Waals surface area contributed by atoms with Gasteiger partial charge in [0.25, 0.3) is 0 Å². The first-order chi connectivity index (χ1) is 7.19. The van der Waals surface area contributed by atoms with Crippen LogP contribution in [0.15, 0.2) is 0 Å². The lowest BCUT2D eigenvalue weighted by Gasteiger charge is -2.36. The quantitative estimate of drug-likeness (QED) is 0.407. The normalized spacial score (nSPS) is 36.8. The van der Waals surface area contributed by atoms with Crippen LogP contribution in [0.4, 0.5) is 0 Å². The Labute approximate surface area is 88.6 Å². The van der Waals surface area contributed by atoms with E-state index in [4.69, 9.17) is 20.3 Å². The van der Waals surface area contributed by atoms with Gasteiger partial charge in [0.15, 0.2) is 6.29 Å². The van der Waals surface area contributed by atoms with Crippen LogP contribution in [0.5, 0.6) is 0 Å². The number of hydrogen-bond acceptors (Lipinski definition) is 6. The maximum atomic E-state index is 9.46. The van der Waals surface area contributed by atoms with Crippen molar-refractivity contribution in [1.29, 1.82) is 0 Å². The molecule has 0 aromatic carbocycles. The summed E-state index contributed by atoms with van der Waals surface area (Å²) in [5, 5.41) is 27.8. The van der Waals surface area contributed by atoms with Gasteiger partial charge in [-0.3, -0.25) is 0 Å². The van der Waals surface area contributed by atoms with Crippen LogP contribution in [0.25, 0.3) is 0 Å². The molecule has 1 aliphatic rings. The summed E-state index contributed by atoms with van der Waals surface area (Å²) in [6, 6.07) is 0. The van der Waals surface area contributed by atoms with Crippen LogP contribution in [0.3, 0.4) is 0 Å². The first kappa shape index (κ1) is 12.8. The van der Waals surface area contributed by atoms with Crippen molar-refractivity contribution < 1.29 is 24.8 Å². The molecule has 0 bridgehead atoms. The highest BCUT2D eigenvalue weighted by atomic mass is 16.7. The van der Waals surface area contributed by atoms with Gasteiger partial charge in [-0.25, -0.2) is 0 Å². The Bertz CT molecular complexity index is 180. The van der Waals surface area contributed by atoms with E-state index in [1.54, 1.807) is 0 Å². The van der Waals surface area contributed by atoms with E-state index >= 15 is 0 Å². The van der Waals surface area contributed by atoms with Crippen molar-refractivity contribution in [3.63, 3.8) is 0 Å². The minimum atomic E-state index is -1.05. The van der Waals surface area contributed by atoms with Crippen molar-refractivity contribution in [2.45, 2.75) is 37.4 Å². The smallest absolute Gasteiger partial charge is 0.160 e. The highest BCUT2D eigenvalue weighted by Crippen LogP contribution is 2.20. The van der Waals surface area contributed by atoms with Crippen LogP contribution in [0, 0.1) is 0 Å². The summed E-state index contributed by atoms with van der Waals surface area (Å²) in [7, 11) is 0. The van der Waals surface area contributed by atoms with E-state index in [-0.39, 0.29) is 13.0 Å². The molecule has 1 rings (SSSR count). The molecular weight excluding hydrogens is 202 g/mol. The van der Waals surface area contributed by atoms with Crippen LogP contribution in [0.2, 0.25) is 0 Å². The van der Waals surface area contributed by atoms with Crippen molar-refractivity contribution in [2.75, 3.05) is 19.8 Å². The Kier molecular flexibility index (Phi) is 5.44. The standard InChI is InChI=1S/C9H19NO5/c10-2-1-3-14-8-4-6(12)9(13)7(5-11)15-8/h6-9,11-13H,1-5,10H2/t6-,7-,8+,9+/m1/s1. The maximum Gasteiger partial charge on any atom is 0.160 e. The highest BCUT2D eigenvalue weighted by molar-refractivity contribution is 4.82. The average molecular weight is 221 g/mol. The van der Waals surface area contributed by atoms with E-state index in [2.05, 4.69) is 0 Å². The molecule has 0 aromatic rings. The van der Waals surface area contributed by atoms with Crippen LogP contribution in [-0.4, -0.2) is 59.7 Å². The molecule has 0 aromatic heterocycles. The molecule has 1 heterocycles. The van der Waals surface area contributed by atoms with E-state index in [0.717, 1.165) is 0 Å². The molecule has 0 unspecified atom stereocenters. The first-order valence-corrected chi connectivity index (χ1v) is 5.13. The van der Waals surface area contributed by atoms with Crippen LogP contribution >= 0.6 is 0 Å². The van der Waals surface area contributed by atoms with E-state index in [9.17, 15) is 10.2 Å². The zero-order chi connectivity index (χ0) is 11.3. The van der Waals surface area contributed by atoms with Gasteiger partial charge in [0.05, 0.1) is 19.3 Å². The highest BCUT2D eigenvalue weighted by Gasteiger charge is 2.36. The summed E-state index contributed by atoms with van der Waals surface area (Å²) < 4.78 is 10.5. The van der Waals surface area contributed by atoms with Crippen LogP contribution in [-0.2, 0) is 9.47 Å². The zero-order valence-corrected chi connectivity index (χ0v) is 8.58. The van der Waals surface area contributed by atoms with Crippen molar-refractivity contribution in [3.8, 4) is 0 Å². The summed E-state index contributed by atoms with van der Waals surface area (Å²) in [5.41, 5.74) is 5.30. The molecule has 4 atom stereocenters. The first-order valence-electron chi connectivity index (χ1n) is 5.13. The fourth-order valence-electron chi connectivity index (χ4n) is 1.47. The Morgan fingerprint density at radius 3 is 2.73 bits per heavy atom. The predicted molar refractivity (Wildman–Crippen MR) is 52.0 cm³/mol. The van der Waals surface area contributed by atoms with Crippen molar-refractivity contribution in [2.24, 2.45) is 5.73 Å².